The lowest BCUT2D eigenvalue weighted by molar-refractivity contribution is 0.199. The second kappa shape index (κ2) is 6.67. The molecule has 1 aliphatic rings. The minimum Gasteiger partial charge on any atom is -0.299 e. The molecule has 0 unspecified atom stereocenters. The van der Waals surface area contributed by atoms with Crippen molar-refractivity contribution in [2.45, 2.75) is 25.4 Å². The van der Waals surface area contributed by atoms with E-state index in [1.54, 1.807) is 14.1 Å². The standard InChI is InChI=1S/C14H23N3O2S/c1-16(2)20(18,19)15-14-8-10-17(11-9-14)12-13-6-4-3-5-7-13/h3-7,14-15H,8-12H2,1-2H3. The molecule has 0 aliphatic carbocycles. The molecule has 1 aromatic rings. The van der Waals surface area contributed by atoms with Crippen LogP contribution in [-0.2, 0) is 16.8 Å². The summed E-state index contributed by atoms with van der Waals surface area (Å²) in [6, 6.07) is 10.4. The highest BCUT2D eigenvalue weighted by Gasteiger charge is 2.24. The van der Waals surface area contributed by atoms with E-state index in [0.717, 1.165) is 32.5 Å². The van der Waals surface area contributed by atoms with E-state index in [0.29, 0.717) is 0 Å². The first-order valence-electron chi connectivity index (χ1n) is 6.93. The van der Waals surface area contributed by atoms with E-state index in [2.05, 4.69) is 21.8 Å². The molecular formula is C14H23N3O2S. The van der Waals surface area contributed by atoms with Crippen LogP contribution in [0.1, 0.15) is 18.4 Å². The van der Waals surface area contributed by atoms with Crippen LogP contribution in [0.3, 0.4) is 0 Å². The molecule has 0 radical (unpaired) electrons. The summed E-state index contributed by atoms with van der Waals surface area (Å²) in [6.45, 7) is 2.79. The lowest BCUT2D eigenvalue weighted by Crippen LogP contribution is -2.47. The van der Waals surface area contributed by atoms with E-state index in [4.69, 9.17) is 0 Å². The zero-order valence-electron chi connectivity index (χ0n) is 12.1. The Hall–Kier alpha value is -0.950. The predicted molar refractivity (Wildman–Crippen MR) is 80.5 cm³/mol. The van der Waals surface area contributed by atoms with Gasteiger partial charge in [0.2, 0.25) is 0 Å². The number of likely N-dealkylation sites (tertiary alicyclic amines) is 1. The van der Waals surface area contributed by atoms with Crippen LogP contribution in [0.2, 0.25) is 0 Å². The van der Waals surface area contributed by atoms with Crippen LogP contribution in [-0.4, -0.2) is 50.8 Å². The van der Waals surface area contributed by atoms with Crippen LogP contribution in [0.15, 0.2) is 30.3 Å². The van der Waals surface area contributed by atoms with Gasteiger partial charge in [-0.3, -0.25) is 4.90 Å². The molecular weight excluding hydrogens is 274 g/mol. The van der Waals surface area contributed by atoms with Crippen molar-refractivity contribution in [2.75, 3.05) is 27.2 Å². The third-order valence-corrected chi connectivity index (χ3v) is 5.23. The van der Waals surface area contributed by atoms with Gasteiger partial charge in [-0.1, -0.05) is 30.3 Å². The summed E-state index contributed by atoms with van der Waals surface area (Å²) in [7, 11) is -0.212. The van der Waals surface area contributed by atoms with Gasteiger partial charge in [-0.05, 0) is 18.4 Å². The van der Waals surface area contributed by atoms with Crippen LogP contribution in [0.25, 0.3) is 0 Å². The third kappa shape index (κ3) is 4.28. The Morgan fingerprint density at radius 3 is 2.35 bits per heavy atom. The molecule has 0 aromatic heterocycles. The first-order valence-corrected chi connectivity index (χ1v) is 8.37. The average Bonchev–Trinajstić information content (AvgIpc) is 2.42. The van der Waals surface area contributed by atoms with Gasteiger partial charge in [0.1, 0.15) is 0 Å². The smallest absolute Gasteiger partial charge is 0.279 e. The summed E-state index contributed by atoms with van der Waals surface area (Å²) >= 11 is 0. The van der Waals surface area contributed by atoms with Gasteiger partial charge < -0.3 is 0 Å². The monoisotopic (exact) mass is 297 g/mol. The summed E-state index contributed by atoms with van der Waals surface area (Å²) < 4.78 is 27.5. The number of piperidine rings is 1. The minimum absolute atomic E-state index is 0.0504. The molecule has 6 heteroatoms. The summed E-state index contributed by atoms with van der Waals surface area (Å²) in [6.07, 6.45) is 1.72. The van der Waals surface area contributed by atoms with E-state index >= 15 is 0 Å². The van der Waals surface area contributed by atoms with Gasteiger partial charge in [-0.25, -0.2) is 0 Å². The molecule has 1 heterocycles. The molecule has 1 aliphatic heterocycles. The van der Waals surface area contributed by atoms with E-state index < -0.39 is 10.2 Å². The van der Waals surface area contributed by atoms with Gasteiger partial charge in [-0.2, -0.15) is 17.4 Å². The number of hydrogen-bond acceptors (Lipinski definition) is 3. The van der Waals surface area contributed by atoms with Crippen LogP contribution in [0.5, 0.6) is 0 Å². The molecule has 0 spiro atoms. The number of nitrogens with zero attached hydrogens (tertiary/aromatic N) is 2. The van der Waals surface area contributed by atoms with Crippen LogP contribution in [0.4, 0.5) is 0 Å². The highest BCUT2D eigenvalue weighted by molar-refractivity contribution is 7.87. The fourth-order valence-corrected chi connectivity index (χ4v) is 3.23. The molecule has 1 saturated heterocycles. The maximum atomic E-state index is 11.8. The quantitative estimate of drug-likeness (QED) is 0.884. The lowest BCUT2D eigenvalue weighted by atomic mass is 10.1. The Morgan fingerprint density at radius 2 is 1.80 bits per heavy atom. The van der Waals surface area contributed by atoms with Crippen molar-refractivity contribution in [2.24, 2.45) is 0 Å². The van der Waals surface area contributed by atoms with Crippen molar-refractivity contribution in [3.63, 3.8) is 0 Å². The van der Waals surface area contributed by atoms with Crippen molar-refractivity contribution in [3.05, 3.63) is 35.9 Å². The van der Waals surface area contributed by atoms with E-state index in [1.807, 2.05) is 18.2 Å². The maximum absolute atomic E-state index is 11.8. The predicted octanol–water partition coefficient (Wildman–Crippen LogP) is 1.05. The first kappa shape index (κ1) is 15.4. The molecule has 5 nitrogen and oxygen atoms in total. The van der Waals surface area contributed by atoms with Crippen molar-refractivity contribution >= 4 is 10.2 Å². The molecule has 1 fully saturated rings. The topological polar surface area (TPSA) is 52.7 Å². The van der Waals surface area contributed by atoms with Gasteiger partial charge in [0.05, 0.1) is 0 Å². The second-order valence-electron chi connectivity index (χ2n) is 5.44. The van der Waals surface area contributed by atoms with E-state index in [9.17, 15) is 8.42 Å². The molecule has 112 valence electrons. The van der Waals surface area contributed by atoms with Gasteiger partial charge >= 0.3 is 0 Å². The Kier molecular flexibility index (Phi) is 5.15. The lowest BCUT2D eigenvalue weighted by Gasteiger charge is -2.32. The van der Waals surface area contributed by atoms with E-state index in [-0.39, 0.29) is 6.04 Å². The fraction of sp³-hybridized carbons (Fsp3) is 0.571. The minimum atomic E-state index is -3.31. The third-order valence-electron chi connectivity index (χ3n) is 3.63. The highest BCUT2D eigenvalue weighted by atomic mass is 32.2. The van der Waals surface area contributed by atoms with Crippen LogP contribution < -0.4 is 4.72 Å². The summed E-state index contributed by atoms with van der Waals surface area (Å²) in [5.41, 5.74) is 1.31. The number of benzene rings is 1. The number of rotatable bonds is 5. The Labute approximate surface area is 121 Å². The van der Waals surface area contributed by atoms with Crippen molar-refractivity contribution in [1.29, 1.82) is 0 Å². The van der Waals surface area contributed by atoms with Crippen molar-refractivity contribution in [1.82, 2.24) is 13.9 Å². The zero-order valence-corrected chi connectivity index (χ0v) is 12.9. The first-order chi connectivity index (χ1) is 9.47. The fourth-order valence-electron chi connectivity index (χ4n) is 2.37. The summed E-state index contributed by atoms with van der Waals surface area (Å²) in [5, 5.41) is 0. The second-order valence-corrected chi connectivity index (χ2v) is 7.36. The van der Waals surface area contributed by atoms with Gasteiger partial charge in [-0.15, -0.1) is 0 Å². The SMILES string of the molecule is CN(C)S(=O)(=O)NC1CCN(Cc2ccccc2)CC1. The summed E-state index contributed by atoms with van der Waals surface area (Å²) in [5.74, 6) is 0. The Balaban J connectivity index is 1.81. The number of nitrogens with one attached hydrogen (secondary N) is 1. The van der Waals surface area contributed by atoms with Crippen LogP contribution >= 0.6 is 0 Å². The maximum Gasteiger partial charge on any atom is 0.279 e. The molecule has 0 bridgehead atoms. The Bertz CT molecular complexity index is 508. The zero-order chi connectivity index (χ0) is 14.6. The molecule has 1 N–H and O–H groups in total. The van der Waals surface area contributed by atoms with Gasteiger partial charge in [0.15, 0.2) is 0 Å². The highest BCUT2D eigenvalue weighted by Crippen LogP contribution is 2.14. The number of hydrogen-bond donors (Lipinski definition) is 1. The normalized spacial score (nSPS) is 18.6. The average molecular weight is 297 g/mol. The molecule has 0 saturated carbocycles. The van der Waals surface area contributed by atoms with Crippen molar-refractivity contribution < 1.29 is 8.42 Å². The van der Waals surface area contributed by atoms with Crippen molar-refractivity contribution in [3.8, 4) is 0 Å². The van der Waals surface area contributed by atoms with Gasteiger partial charge in [0, 0.05) is 39.8 Å². The molecule has 20 heavy (non-hydrogen) atoms. The van der Waals surface area contributed by atoms with Crippen LogP contribution in [0, 0.1) is 0 Å². The van der Waals surface area contributed by atoms with Gasteiger partial charge in [0.25, 0.3) is 10.2 Å². The molecule has 0 amide bonds. The Morgan fingerprint density at radius 1 is 1.20 bits per heavy atom. The molecule has 0 atom stereocenters. The van der Waals surface area contributed by atoms with E-state index in [1.165, 1.54) is 9.87 Å². The molecule has 1 aromatic carbocycles. The molecule has 2 rings (SSSR count). The largest absolute Gasteiger partial charge is 0.299 e. The summed E-state index contributed by atoms with van der Waals surface area (Å²) in [4.78, 5) is 2.37.